The third-order valence-corrected chi connectivity index (χ3v) is 0. The van der Waals surface area contributed by atoms with E-state index in [4.69, 9.17) is 57.7 Å². The third kappa shape index (κ3) is 1180. The standard InChI is InChI=1S/3H3O4P.2Sb/c3*1-5(2,3)4;;/h3*(H3,1,2,3,4);;/q;;;2*+3/p-6. The summed E-state index contributed by atoms with van der Waals surface area (Å²) in [7, 11) is -15.4. The Morgan fingerprint density at radius 1 is 0.529 bits per heavy atom. The predicted molar refractivity (Wildman–Crippen MR) is 41.0 cm³/mol. The van der Waals surface area contributed by atoms with Gasteiger partial charge in [0, 0.05) is 0 Å². The molecule has 0 spiro atoms. The second-order valence-corrected chi connectivity index (χ2v) is 4.22. The average Bonchev–Trinajstić information content (AvgIpc) is 1.41. The van der Waals surface area contributed by atoms with Crippen molar-refractivity contribution in [2.45, 2.75) is 0 Å². The molecular weight excluding hydrogens is 528 g/mol. The summed E-state index contributed by atoms with van der Waals surface area (Å²) in [6.07, 6.45) is 0. The molecule has 3 N–H and O–H groups in total. The van der Waals surface area contributed by atoms with E-state index in [1.54, 1.807) is 0 Å². The topological polar surface area (TPSA) is 250 Å². The van der Waals surface area contributed by atoms with Crippen molar-refractivity contribution < 1.29 is 57.7 Å². The molecule has 0 unspecified atom stereocenters. The molecule has 0 aromatic heterocycles. The molecule has 12 nitrogen and oxygen atoms in total. The molecule has 0 aliphatic carbocycles. The summed E-state index contributed by atoms with van der Waals surface area (Å²) in [6, 6.07) is 0. The molecule has 0 saturated heterocycles. The van der Waals surface area contributed by atoms with Gasteiger partial charge in [0.2, 0.25) is 0 Å². The van der Waals surface area contributed by atoms with Crippen molar-refractivity contribution in [2.75, 3.05) is 0 Å². The SMILES string of the molecule is O=P([O-])([O-])O.O=P([O-])([O-])O.O=P([O-])([O-])O.[Sb+3].[Sb+3]. The van der Waals surface area contributed by atoms with Gasteiger partial charge in [-0.3, -0.25) is 0 Å². The molecule has 0 aliphatic heterocycles. The van der Waals surface area contributed by atoms with Crippen LogP contribution in [-0.2, 0) is 13.7 Å². The Morgan fingerprint density at radius 3 is 0.529 bits per heavy atom. The second-order valence-electron chi connectivity index (χ2n) is 1.41. The van der Waals surface area contributed by atoms with E-state index in [0.717, 1.165) is 0 Å². The molecule has 0 aromatic carbocycles. The van der Waals surface area contributed by atoms with Crippen molar-refractivity contribution in [3.63, 3.8) is 0 Å². The molecule has 0 aromatic rings. The normalized spacial score (nSPS) is 10.4. The smallest absolute Gasteiger partial charge is 0.790 e. The van der Waals surface area contributed by atoms with Gasteiger partial charge >= 0.3 is 48.9 Å². The van der Waals surface area contributed by atoms with Gasteiger partial charge in [-0.05, 0) is 0 Å². The maximum Gasteiger partial charge on any atom is 3.00 e. The quantitative estimate of drug-likeness (QED) is 0.195. The first-order chi connectivity index (χ1) is 6.00. The van der Waals surface area contributed by atoms with E-state index in [9.17, 15) is 0 Å². The van der Waals surface area contributed by atoms with Gasteiger partial charge in [0.05, 0.1) is 23.5 Å². The molecule has 0 heterocycles. The molecule has 0 atom stereocenters. The van der Waals surface area contributed by atoms with Crippen LogP contribution in [0.3, 0.4) is 0 Å². The van der Waals surface area contributed by atoms with Crippen LogP contribution in [0.4, 0.5) is 0 Å². The molecule has 4 radical (unpaired) electrons. The van der Waals surface area contributed by atoms with Gasteiger partial charge in [-0.15, -0.1) is 0 Å². The van der Waals surface area contributed by atoms with Crippen molar-refractivity contribution in [1.82, 2.24) is 0 Å². The van der Waals surface area contributed by atoms with E-state index in [-0.39, 0.29) is 48.9 Å². The summed E-state index contributed by atoms with van der Waals surface area (Å²) in [5.41, 5.74) is 0. The fourth-order valence-corrected chi connectivity index (χ4v) is 0. The monoisotopic (exact) mass is 530 g/mol. The van der Waals surface area contributed by atoms with Crippen molar-refractivity contribution in [2.24, 2.45) is 0 Å². The minimum Gasteiger partial charge on any atom is -0.790 e. The van der Waals surface area contributed by atoms with Gasteiger partial charge < -0.3 is 57.7 Å². The fraction of sp³-hybridized carbons (Fsp3) is 0. The van der Waals surface area contributed by atoms with Crippen LogP contribution in [0.1, 0.15) is 0 Å². The van der Waals surface area contributed by atoms with Crippen LogP contribution < -0.4 is 29.4 Å². The molecule has 100 valence electrons. The van der Waals surface area contributed by atoms with Crippen molar-refractivity contribution in [3.05, 3.63) is 0 Å². The number of phosphoric acid groups is 3. The average molecular weight is 531 g/mol. The summed E-state index contributed by atoms with van der Waals surface area (Å²) in [4.78, 5) is 72.9. The van der Waals surface area contributed by atoms with E-state index in [2.05, 4.69) is 0 Å². The van der Waals surface area contributed by atoms with E-state index < -0.39 is 23.5 Å². The van der Waals surface area contributed by atoms with E-state index >= 15 is 0 Å². The van der Waals surface area contributed by atoms with Crippen LogP contribution in [0.25, 0.3) is 0 Å². The predicted octanol–water partition coefficient (Wildman–Crippen LogP) is -7.34. The Hall–Kier alpha value is 1.97. The van der Waals surface area contributed by atoms with Crippen LogP contribution in [0.15, 0.2) is 0 Å². The first kappa shape index (κ1) is 31.4. The van der Waals surface area contributed by atoms with Gasteiger partial charge in [-0.25, -0.2) is 0 Å². The molecular formula is H3O12P3Sb2. The van der Waals surface area contributed by atoms with E-state index in [0.29, 0.717) is 0 Å². The summed E-state index contributed by atoms with van der Waals surface area (Å²) in [5.74, 6) is 0. The Balaban J connectivity index is -0.0000000400. The first-order valence-corrected chi connectivity index (χ1v) is 6.73. The van der Waals surface area contributed by atoms with Crippen LogP contribution in [0.2, 0.25) is 0 Å². The van der Waals surface area contributed by atoms with Crippen molar-refractivity contribution in [1.29, 1.82) is 0 Å². The summed E-state index contributed by atoms with van der Waals surface area (Å²) in [5, 5.41) is 0. The number of hydrogen-bond donors (Lipinski definition) is 3. The molecule has 17 heteroatoms. The largest absolute Gasteiger partial charge is 3.00 e. The molecule has 0 amide bonds. The zero-order valence-corrected chi connectivity index (χ0v) is 15.0. The Morgan fingerprint density at radius 2 is 0.529 bits per heavy atom. The Labute approximate surface area is 129 Å². The van der Waals surface area contributed by atoms with Crippen LogP contribution in [0, 0.1) is 0 Å². The molecule has 0 saturated carbocycles. The van der Waals surface area contributed by atoms with E-state index in [1.807, 2.05) is 0 Å². The molecule has 0 bridgehead atoms. The molecule has 0 fully saturated rings. The van der Waals surface area contributed by atoms with Gasteiger partial charge in [-0.2, -0.15) is 0 Å². The fourth-order valence-electron chi connectivity index (χ4n) is 0. The number of rotatable bonds is 0. The van der Waals surface area contributed by atoms with Crippen molar-refractivity contribution >= 4 is 72.3 Å². The van der Waals surface area contributed by atoms with Gasteiger partial charge in [-0.1, -0.05) is 0 Å². The maximum absolute atomic E-state index is 8.66. The molecule has 17 heavy (non-hydrogen) atoms. The van der Waals surface area contributed by atoms with Gasteiger partial charge in [0.15, 0.2) is 0 Å². The maximum atomic E-state index is 8.66. The molecule has 0 aliphatic rings. The van der Waals surface area contributed by atoms with Crippen molar-refractivity contribution in [3.8, 4) is 0 Å². The molecule has 0 rings (SSSR count). The number of hydrogen-bond acceptors (Lipinski definition) is 9. The zero-order valence-electron chi connectivity index (χ0n) is 7.25. The van der Waals surface area contributed by atoms with Crippen LogP contribution >= 0.6 is 23.5 Å². The zero-order chi connectivity index (χ0) is 13.5. The first-order valence-electron chi connectivity index (χ1n) is 2.24. The Kier molecular flexibility index (Phi) is 24.0. The summed E-state index contributed by atoms with van der Waals surface area (Å²) in [6.45, 7) is 0. The third-order valence-electron chi connectivity index (χ3n) is 0. The van der Waals surface area contributed by atoms with Gasteiger partial charge in [0.1, 0.15) is 0 Å². The second kappa shape index (κ2) is 13.0. The summed E-state index contributed by atoms with van der Waals surface area (Å²) < 4.78 is 26.0. The minimum atomic E-state index is -5.14. The van der Waals surface area contributed by atoms with Gasteiger partial charge in [0.25, 0.3) is 0 Å². The summed E-state index contributed by atoms with van der Waals surface area (Å²) >= 11 is 0. The minimum absolute atomic E-state index is 0. The Bertz CT molecular complexity index is 206. The van der Waals surface area contributed by atoms with Crippen LogP contribution in [0.5, 0.6) is 0 Å². The van der Waals surface area contributed by atoms with Crippen LogP contribution in [-0.4, -0.2) is 63.5 Å². The van der Waals surface area contributed by atoms with E-state index in [1.165, 1.54) is 0 Å².